The highest BCUT2D eigenvalue weighted by atomic mass is 35.5. The number of alkyl halides is 7. The van der Waals surface area contributed by atoms with Crippen molar-refractivity contribution in [1.29, 1.82) is 0 Å². The monoisotopic (exact) mass is 261 g/mol. The van der Waals surface area contributed by atoms with Gasteiger partial charge < -0.3 is 4.74 Å². The number of ether oxygens (including phenoxy) is 1. The molecule has 0 atom stereocenters. The van der Waals surface area contributed by atoms with Gasteiger partial charge in [0.05, 0.1) is 4.92 Å². The van der Waals surface area contributed by atoms with Gasteiger partial charge in [-0.15, -0.1) is 8.78 Å². The van der Waals surface area contributed by atoms with Crippen molar-refractivity contribution in [2.45, 2.75) is 17.5 Å². The maximum absolute atomic E-state index is 12.1. The maximum atomic E-state index is 12.1. The summed E-state index contributed by atoms with van der Waals surface area (Å²) in [5.41, 5.74) is 0. The van der Waals surface area contributed by atoms with Gasteiger partial charge in [0.25, 0.3) is 0 Å². The Labute approximate surface area is 82.9 Å². The maximum Gasteiger partial charge on any atom is 0.534 e. The highest BCUT2D eigenvalue weighted by Gasteiger charge is 2.59. The summed E-state index contributed by atoms with van der Waals surface area (Å²) in [6.45, 7) is -2.52. The van der Waals surface area contributed by atoms with Crippen LogP contribution in [0.2, 0.25) is 0 Å². The van der Waals surface area contributed by atoms with E-state index < -0.39 is 29.1 Å². The molecule has 0 aliphatic rings. The third-order valence-corrected chi connectivity index (χ3v) is 1.24. The van der Waals surface area contributed by atoms with Gasteiger partial charge >= 0.3 is 17.5 Å². The van der Waals surface area contributed by atoms with E-state index in [-0.39, 0.29) is 0 Å². The molecule has 0 N–H and O–H groups in total. The number of halogens is 7. The van der Waals surface area contributed by atoms with Gasteiger partial charge in [0.15, 0.2) is 6.61 Å². The van der Waals surface area contributed by atoms with Crippen LogP contribution in [0.3, 0.4) is 0 Å². The molecule has 0 saturated carbocycles. The van der Waals surface area contributed by atoms with Gasteiger partial charge in [-0.1, -0.05) is 0 Å². The minimum atomic E-state index is -5.42. The van der Waals surface area contributed by atoms with E-state index in [1.165, 1.54) is 0 Å². The Kier molecular flexibility index (Phi) is 3.80. The van der Waals surface area contributed by atoms with Crippen molar-refractivity contribution in [3.8, 4) is 0 Å². The lowest BCUT2D eigenvalue weighted by Crippen LogP contribution is -2.43. The minimum absolute atomic E-state index is 2.25. The lowest BCUT2D eigenvalue weighted by molar-refractivity contribution is -0.651. The van der Waals surface area contributed by atoms with Gasteiger partial charge in [-0.2, -0.15) is 17.6 Å². The fourth-order valence-corrected chi connectivity index (χ4v) is 0.367. The van der Waals surface area contributed by atoms with Crippen LogP contribution in [0.5, 0.6) is 0 Å². The van der Waals surface area contributed by atoms with Crippen LogP contribution >= 0.6 is 11.6 Å². The summed E-state index contributed by atoms with van der Waals surface area (Å²) in [6, 6.07) is -4.90. The molecule has 0 saturated heterocycles. The molecule has 90 valence electrons. The van der Waals surface area contributed by atoms with Crippen molar-refractivity contribution in [3.63, 3.8) is 0 Å². The van der Waals surface area contributed by atoms with Gasteiger partial charge in [-0.05, 0) is 11.6 Å². The minimum Gasteiger partial charge on any atom is -0.300 e. The zero-order valence-corrected chi connectivity index (χ0v) is 7.28. The number of hydrogen-bond donors (Lipinski definition) is 0. The molecule has 0 rings (SSSR count). The summed E-state index contributed by atoms with van der Waals surface area (Å²) in [7, 11) is 0. The summed E-state index contributed by atoms with van der Waals surface area (Å²) in [5, 5.41) is 4.26. The van der Waals surface area contributed by atoms with Crippen molar-refractivity contribution in [3.05, 3.63) is 10.1 Å². The normalized spacial score (nSPS) is 14.1. The van der Waals surface area contributed by atoms with Crippen molar-refractivity contribution in [1.82, 2.24) is 0 Å². The first kappa shape index (κ1) is 14.2. The van der Waals surface area contributed by atoms with E-state index in [0.717, 1.165) is 0 Å². The number of nitro groups is 1. The van der Waals surface area contributed by atoms with Gasteiger partial charge in [0, 0.05) is 0 Å². The first-order chi connectivity index (χ1) is 6.40. The Hall–Kier alpha value is -0.770. The molecule has 0 fully saturated rings. The van der Waals surface area contributed by atoms with Gasteiger partial charge in [0.1, 0.15) is 0 Å². The second-order valence-electron chi connectivity index (χ2n) is 2.23. The van der Waals surface area contributed by atoms with Gasteiger partial charge in [-0.25, -0.2) is 0 Å². The van der Waals surface area contributed by atoms with E-state index in [1.54, 1.807) is 0 Å². The molecule has 0 spiro atoms. The fourth-order valence-electron chi connectivity index (χ4n) is 0.312. The molecule has 11 heteroatoms. The first-order valence-corrected chi connectivity index (χ1v) is 3.39. The molecule has 15 heavy (non-hydrogen) atoms. The second-order valence-corrected chi connectivity index (χ2v) is 2.70. The Balaban J connectivity index is 4.47. The summed E-state index contributed by atoms with van der Waals surface area (Å²) in [4.78, 5) is 7.24. The van der Waals surface area contributed by atoms with Crippen molar-refractivity contribution < 1.29 is 36.0 Å². The molecular formula is C4H2ClF6NO3. The highest BCUT2D eigenvalue weighted by Crippen LogP contribution is 2.39. The van der Waals surface area contributed by atoms with Crippen LogP contribution in [-0.2, 0) is 4.74 Å². The van der Waals surface area contributed by atoms with Crippen LogP contribution in [0.25, 0.3) is 0 Å². The van der Waals surface area contributed by atoms with Crippen LogP contribution in [0.15, 0.2) is 0 Å². The van der Waals surface area contributed by atoms with Crippen LogP contribution in [0, 0.1) is 10.1 Å². The fraction of sp³-hybridized carbons (Fsp3) is 1.00. The molecule has 0 aromatic heterocycles. The summed E-state index contributed by atoms with van der Waals surface area (Å²) in [5.74, 6) is 0. The van der Waals surface area contributed by atoms with Crippen molar-refractivity contribution in [2.24, 2.45) is 0 Å². The van der Waals surface area contributed by atoms with E-state index in [0.29, 0.717) is 0 Å². The van der Waals surface area contributed by atoms with Crippen LogP contribution < -0.4 is 0 Å². The molecule has 0 bridgehead atoms. The quantitative estimate of drug-likeness (QED) is 0.251. The highest BCUT2D eigenvalue weighted by molar-refractivity contribution is 6.22. The van der Waals surface area contributed by atoms with Gasteiger partial charge in [0.2, 0.25) is 0 Å². The molecule has 0 aromatic rings. The Morgan fingerprint density at radius 3 is 1.87 bits per heavy atom. The van der Waals surface area contributed by atoms with Crippen LogP contribution in [0.4, 0.5) is 26.3 Å². The Morgan fingerprint density at radius 1 is 1.20 bits per heavy atom. The van der Waals surface area contributed by atoms with E-state index >= 15 is 0 Å². The third kappa shape index (κ3) is 3.70. The Morgan fingerprint density at radius 2 is 1.60 bits per heavy atom. The van der Waals surface area contributed by atoms with E-state index in [4.69, 9.17) is 0 Å². The smallest absolute Gasteiger partial charge is 0.300 e. The summed E-state index contributed by atoms with van der Waals surface area (Å²) >= 11 is 3.81. The topological polar surface area (TPSA) is 52.4 Å². The summed E-state index contributed by atoms with van der Waals surface area (Å²) in [6.07, 6.45) is -5.42. The molecule has 0 aromatic carbocycles. The molecule has 0 radical (unpaired) electrons. The largest absolute Gasteiger partial charge is 0.534 e. The van der Waals surface area contributed by atoms with Crippen molar-refractivity contribution in [2.75, 3.05) is 6.61 Å². The molecule has 0 aliphatic carbocycles. The summed E-state index contributed by atoms with van der Waals surface area (Å²) < 4.78 is 74.4. The SMILES string of the molecule is O=[N+]([O-])C(F)(F)COC(F)(F)C(F)(F)Cl. The number of nitrogens with zero attached hydrogens (tertiary/aromatic N) is 1. The standard InChI is InChI=1S/C4H2ClF6NO3/c5-3(8,9)4(10,11)15-1-2(6,7)12(13)14/h1H2. The zero-order valence-electron chi connectivity index (χ0n) is 6.52. The number of rotatable bonds is 5. The molecule has 0 heterocycles. The average molecular weight is 262 g/mol. The third-order valence-electron chi connectivity index (χ3n) is 1.02. The lowest BCUT2D eigenvalue weighted by atomic mass is 10.6. The second kappa shape index (κ2) is 4.00. The lowest BCUT2D eigenvalue weighted by Gasteiger charge is -2.20. The predicted octanol–water partition coefficient (Wildman–Crippen LogP) is 2.30. The van der Waals surface area contributed by atoms with Crippen LogP contribution in [0.1, 0.15) is 0 Å². The van der Waals surface area contributed by atoms with Gasteiger partial charge in [-0.3, -0.25) is 10.1 Å². The molecule has 0 amide bonds. The van der Waals surface area contributed by atoms with E-state index in [2.05, 4.69) is 16.3 Å². The molecule has 0 aliphatic heterocycles. The Bertz CT molecular complexity index is 253. The number of hydrogen-bond acceptors (Lipinski definition) is 3. The van der Waals surface area contributed by atoms with Crippen LogP contribution in [-0.4, -0.2) is 29.1 Å². The average Bonchev–Trinajstić information content (AvgIpc) is 1.99. The van der Waals surface area contributed by atoms with E-state index in [9.17, 15) is 36.5 Å². The zero-order chi connectivity index (χ0) is 12.5. The molecule has 0 unspecified atom stereocenters. The first-order valence-electron chi connectivity index (χ1n) is 3.01. The molecule has 4 nitrogen and oxygen atoms in total. The predicted molar refractivity (Wildman–Crippen MR) is 33.6 cm³/mol. The molecular weight excluding hydrogens is 259 g/mol. The van der Waals surface area contributed by atoms with E-state index in [1.807, 2.05) is 0 Å². The van der Waals surface area contributed by atoms with Crippen molar-refractivity contribution >= 4 is 11.6 Å².